The molecule has 0 bridgehead atoms. The van der Waals surface area contributed by atoms with Crippen LogP contribution in [0, 0.1) is 11.6 Å². The Morgan fingerprint density at radius 1 is 1.12 bits per heavy atom. The van der Waals surface area contributed by atoms with Crippen LogP contribution in [0.1, 0.15) is 16.2 Å². The van der Waals surface area contributed by atoms with Crippen LogP contribution in [0.3, 0.4) is 0 Å². The minimum atomic E-state index is -0.768. The van der Waals surface area contributed by atoms with Gasteiger partial charge in [0.1, 0.15) is 17.4 Å². The van der Waals surface area contributed by atoms with Gasteiger partial charge in [-0.3, -0.25) is 4.79 Å². The molecule has 0 unspecified atom stereocenters. The van der Waals surface area contributed by atoms with E-state index >= 15 is 0 Å². The highest BCUT2D eigenvalue weighted by Crippen LogP contribution is 2.25. The molecule has 0 aliphatic heterocycles. The minimum absolute atomic E-state index is 0.0343. The first-order chi connectivity index (χ1) is 15.5. The van der Waals surface area contributed by atoms with Crippen LogP contribution in [0.15, 0.2) is 66.1 Å². The molecule has 2 aromatic carbocycles. The Morgan fingerprint density at radius 3 is 2.59 bits per heavy atom. The number of benzene rings is 2. The molecule has 0 saturated heterocycles. The van der Waals surface area contributed by atoms with Crippen molar-refractivity contribution in [3.05, 3.63) is 83.9 Å². The quantitative estimate of drug-likeness (QED) is 0.334. The van der Waals surface area contributed by atoms with Gasteiger partial charge in [-0.2, -0.15) is 0 Å². The molecule has 1 amide bonds. The fourth-order valence-corrected chi connectivity index (χ4v) is 3.60. The molecule has 11 heteroatoms. The molecule has 0 saturated carbocycles. The van der Waals surface area contributed by atoms with Gasteiger partial charge >= 0.3 is 0 Å². The summed E-state index contributed by atoms with van der Waals surface area (Å²) in [5.41, 5.74) is 0.743. The van der Waals surface area contributed by atoms with Crippen LogP contribution in [0.2, 0.25) is 0 Å². The average molecular weight is 454 g/mol. The van der Waals surface area contributed by atoms with Crippen LogP contribution in [0.5, 0.6) is 5.75 Å². The van der Waals surface area contributed by atoms with Gasteiger partial charge < -0.3 is 10.1 Å². The van der Waals surface area contributed by atoms with E-state index in [2.05, 4.69) is 25.6 Å². The SMILES string of the molecule is COc1ccc(-n2nnc(C(=O)Nc3cc(F)ccc3F)c2CSc2ncccn2)cc1. The molecule has 0 aliphatic carbocycles. The number of thioether (sulfide) groups is 1. The number of anilines is 1. The Kier molecular flexibility index (Phi) is 6.36. The maximum atomic E-state index is 14.0. The third-order valence-corrected chi connectivity index (χ3v) is 5.24. The van der Waals surface area contributed by atoms with Crippen molar-refractivity contribution in [2.24, 2.45) is 0 Å². The van der Waals surface area contributed by atoms with Crippen molar-refractivity contribution in [3.63, 3.8) is 0 Å². The van der Waals surface area contributed by atoms with Crippen molar-refractivity contribution in [2.45, 2.75) is 10.9 Å². The van der Waals surface area contributed by atoms with Gasteiger partial charge in [0.15, 0.2) is 10.9 Å². The van der Waals surface area contributed by atoms with Crippen LogP contribution < -0.4 is 10.1 Å². The summed E-state index contributed by atoms with van der Waals surface area (Å²) in [5.74, 6) is -1.27. The number of carbonyl (C=O) groups is 1. The molecule has 4 aromatic rings. The smallest absolute Gasteiger partial charge is 0.278 e. The topological polar surface area (TPSA) is 94.8 Å². The fourth-order valence-electron chi connectivity index (χ4n) is 2.81. The summed E-state index contributed by atoms with van der Waals surface area (Å²) in [5, 5.41) is 11.0. The monoisotopic (exact) mass is 454 g/mol. The number of ether oxygens (including phenoxy) is 1. The molecule has 8 nitrogen and oxygen atoms in total. The Balaban J connectivity index is 1.68. The predicted octanol–water partition coefficient (Wildman–Crippen LogP) is 3.89. The van der Waals surface area contributed by atoms with Gasteiger partial charge in [0.25, 0.3) is 5.91 Å². The van der Waals surface area contributed by atoms with Gasteiger partial charge in [0.05, 0.1) is 24.2 Å². The molecular weight excluding hydrogens is 438 g/mol. The molecule has 0 spiro atoms. The van der Waals surface area contributed by atoms with Crippen molar-refractivity contribution < 1.29 is 18.3 Å². The molecule has 2 aromatic heterocycles. The van der Waals surface area contributed by atoms with E-state index in [4.69, 9.17) is 4.74 Å². The van der Waals surface area contributed by atoms with Gasteiger partial charge in [-0.05, 0) is 42.5 Å². The number of nitrogens with zero attached hydrogens (tertiary/aromatic N) is 5. The zero-order chi connectivity index (χ0) is 22.5. The maximum absolute atomic E-state index is 14.0. The fraction of sp³-hybridized carbons (Fsp3) is 0.0952. The second-order valence-electron chi connectivity index (χ2n) is 6.39. The highest BCUT2D eigenvalue weighted by molar-refractivity contribution is 7.98. The molecule has 0 atom stereocenters. The zero-order valence-corrected chi connectivity index (χ0v) is 17.5. The lowest BCUT2D eigenvalue weighted by molar-refractivity contribution is 0.102. The molecule has 0 fully saturated rings. The molecule has 0 aliphatic rings. The van der Waals surface area contributed by atoms with E-state index in [-0.39, 0.29) is 17.1 Å². The lowest BCUT2D eigenvalue weighted by Crippen LogP contribution is -2.16. The van der Waals surface area contributed by atoms with Gasteiger partial charge in [-0.25, -0.2) is 23.4 Å². The van der Waals surface area contributed by atoms with Crippen molar-refractivity contribution in [2.75, 3.05) is 12.4 Å². The minimum Gasteiger partial charge on any atom is -0.497 e. The summed E-state index contributed by atoms with van der Waals surface area (Å²) in [6.45, 7) is 0. The third kappa shape index (κ3) is 4.72. The molecule has 162 valence electrons. The first kappa shape index (κ1) is 21.4. The highest BCUT2D eigenvalue weighted by Gasteiger charge is 2.22. The summed E-state index contributed by atoms with van der Waals surface area (Å²) in [7, 11) is 1.56. The van der Waals surface area contributed by atoms with E-state index in [0.717, 1.165) is 18.2 Å². The number of hydrogen-bond donors (Lipinski definition) is 1. The van der Waals surface area contributed by atoms with Gasteiger partial charge in [0.2, 0.25) is 0 Å². The second kappa shape index (κ2) is 9.52. The second-order valence-corrected chi connectivity index (χ2v) is 7.34. The maximum Gasteiger partial charge on any atom is 0.278 e. The van der Waals surface area contributed by atoms with Crippen LogP contribution in [0.25, 0.3) is 5.69 Å². The van der Waals surface area contributed by atoms with Crippen LogP contribution >= 0.6 is 11.8 Å². The Bertz CT molecular complexity index is 1240. The largest absolute Gasteiger partial charge is 0.497 e. The Labute approximate surface area is 185 Å². The predicted molar refractivity (Wildman–Crippen MR) is 114 cm³/mol. The van der Waals surface area contributed by atoms with Gasteiger partial charge in [-0.15, -0.1) is 5.10 Å². The number of amides is 1. The van der Waals surface area contributed by atoms with Crippen LogP contribution in [-0.2, 0) is 5.75 Å². The number of carbonyl (C=O) groups excluding carboxylic acids is 1. The molecule has 0 radical (unpaired) electrons. The molecule has 2 heterocycles. The van der Waals surface area contributed by atoms with E-state index in [9.17, 15) is 13.6 Å². The first-order valence-corrected chi connectivity index (χ1v) is 10.3. The summed E-state index contributed by atoms with van der Waals surface area (Å²) in [6.07, 6.45) is 3.21. The molecule has 1 N–H and O–H groups in total. The van der Waals surface area contributed by atoms with Crippen molar-refractivity contribution in [3.8, 4) is 11.4 Å². The van der Waals surface area contributed by atoms with Crippen molar-refractivity contribution in [1.29, 1.82) is 0 Å². The lowest BCUT2D eigenvalue weighted by Gasteiger charge is -2.09. The van der Waals surface area contributed by atoms with Crippen LogP contribution in [-0.4, -0.2) is 38.0 Å². The molecule has 4 rings (SSSR count). The molecular formula is C21H16F2N6O2S. The van der Waals surface area contributed by atoms with E-state index in [1.54, 1.807) is 49.8 Å². The summed E-state index contributed by atoms with van der Waals surface area (Å²) in [4.78, 5) is 21.2. The zero-order valence-electron chi connectivity index (χ0n) is 16.7. The average Bonchev–Trinajstić information content (AvgIpc) is 3.25. The number of methoxy groups -OCH3 is 1. The summed E-state index contributed by atoms with van der Waals surface area (Å²) in [6, 6.07) is 11.5. The van der Waals surface area contributed by atoms with Gasteiger partial charge in [0, 0.05) is 24.2 Å². The van der Waals surface area contributed by atoms with E-state index in [0.29, 0.717) is 22.3 Å². The lowest BCUT2D eigenvalue weighted by atomic mass is 10.2. The standard InChI is InChI=1S/C21H16F2N6O2S/c1-31-15-6-4-14(5-7-15)29-18(12-32-21-24-9-2-10-25-21)19(27-28-29)20(30)26-17-11-13(22)3-8-16(17)23/h2-11H,12H2,1H3,(H,26,30). The van der Waals surface area contributed by atoms with E-state index in [1.165, 1.54) is 16.4 Å². The molecule has 32 heavy (non-hydrogen) atoms. The number of halogens is 2. The summed E-state index contributed by atoms with van der Waals surface area (Å²) >= 11 is 1.28. The highest BCUT2D eigenvalue weighted by atomic mass is 32.2. The Hall–Kier alpha value is -3.86. The Morgan fingerprint density at radius 2 is 1.88 bits per heavy atom. The van der Waals surface area contributed by atoms with E-state index < -0.39 is 17.5 Å². The first-order valence-electron chi connectivity index (χ1n) is 9.30. The number of hydrogen-bond acceptors (Lipinski definition) is 7. The number of nitrogens with one attached hydrogen (secondary N) is 1. The number of aromatic nitrogens is 5. The van der Waals surface area contributed by atoms with Crippen molar-refractivity contribution in [1.82, 2.24) is 25.0 Å². The van der Waals surface area contributed by atoms with E-state index in [1.807, 2.05) is 0 Å². The normalized spacial score (nSPS) is 10.7. The van der Waals surface area contributed by atoms with Gasteiger partial charge in [-0.1, -0.05) is 17.0 Å². The third-order valence-electron chi connectivity index (χ3n) is 4.35. The number of rotatable bonds is 7. The van der Waals surface area contributed by atoms with Crippen LogP contribution in [0.4, 0.5) is 14.5 Å². The summed E-state index contributed by atoms with van der Waals surface area (Å²) < 4.78 is 34.2. The van der Waals surface area contributed by atoms with Crippen molar-refractivity contribution >= 4 is 23.4 Å².